The molecule has 14 aromatic rings. The van der Waals surface area contributed by atoms with Gasteiger partial charge in [-0.15, -0.1) is 0 Å². The summed E-state index contributed by atoms with van der Waals surface area (Å²) in [5, 5.41) is 9.29. The topological polar surface area (TPSA) is 27.8 Å². The number of rotatable bonds is 10. The molecule has 0 aliphatic heterocycles. The zero-order chi connectivity index (χ0) is 48.2. The summed E-state index contributed by atoms with van der Waals surface area (Å²) in [6.45, 7) is 0. The molecule has 0 saturated heterocycles. The Morgan fingerprint density at radius 2 is 0.658 bits per heavy atom. The number of anilines is 9. The van der Waals surface area contributed by atoms with Crippen LogP contribution >= 0.6 is 0 Å². The van der Waals surface area contributed by atoms with Crippen molar-refractivity contribution in [1.82, 2.24) is 4.57 Å². The molecule has 73 heavy (non-hydrogen) atoms. The molecule has 0 fully saturated rings. The molecule has 5 nitrogen and oxygen atoms in total. The van der Waals surface area contributed by atoms with Gasteiger partial charge in [-0.1, -0.05) is 140 Å². The highest BCUT2D eigenvalue weighted by atomic mass is 16.3. The predicted molar refractivity (Wildman–Crippen MR) is 307 cm³/mol. The summed E-state index contributed by atoms with van der Waals surface area (Å²) in [7, 11) is 0. The fourth-order valence-electron chi connectivity index (χ4n) is 11.0. The number of para-hydroxylation sites is 6. The lowest BCUT2D eigenvalue weighted by Gasteiger charge is -2.31. The molecule has 0 radical (unpaired) electrons. The van der Waals surface area contributed by atoms with Crippen molar-refractivity contribution < 1.29 is 4.42 Å². The van der Waals surface area contributed by atoms with E-state index in [1.807, 2.05) is 6.07 Å². The van der Waals surface area contributed by atoms with E-state index in [1.165, 1.54) is 32.4 Å². The Balaban J connectivity index is 0.975. The Hall–Kier alpha value is -9.84. The fraction of sp³-hybridized carbons (Fsp3) is 0. The highest BCUT2D eigenvalue weighted by molar-refractivity contribution is 6.17. The minimum absolute atomic E-state index is 0.895. The van der Waals surface area contributed by atoms with Crippen LogP contribution in [0.15, 0.2) is 283 Å². The fourth-order valence-corrected chi connectivity index (χ4v) is 11.0. The summed E-state index contributed by atoms with van der Waals surface area (Å²) in [6.07, 6.45) is 0. The highest BCUT2D eigenvalue weighted by Crippen LogP contribution is 2.46. The molecular formula is C68H46N4O. The molecule has 5 heteroatoms. The van der Waals surface area contributed by atoms with E-state index in [-0.39, 0.29) is 0 Å². The second-order valence-electron chi connectivity index (χ2n) is 18.6. The van der Waals surface area contributed by atoms with Gasteiger partial charge in [0.25, 0.3) is 0 Å². The standard InChI is InChI=1S/C68H46N4O/c1-5-19-49(20-6-1)69(50-21-7-2-8-22-50)53-27-17-28-54(42-53)70(51-23-9-3-10-24-51)55-29-18-30-56(43-55)71(58-39-40-66-63(45-58)59-31-13-15-33-65(59)72(66)52-25-11-4-12-26-52)57-38-37-47-35-36-48-41-68-64(46-62(48)61(47)44-57)60-32-14-16-34-67(60)73-68/h1-46H. The molecule has 344 valence electrons. The first kappa shape index (κ1) is 42.1. The van der Waals surface area contributed by atoms with Gasteiger partial charge in [0.15, 0.2) is 0 Å². The third-order valence-corrected chi connectivity index (χ3v) is 14.2. The zero-order valence-electron chi connectivity index (χ0n) is 39.8. The van der Waals surface area contributed by atoms with Gasteiger partial charge in [0.1, 0.15) is 11.2 Å². The molecule has 0 aliphatic carbocycles. The molecule has 0 amide bonds. The Morgan fingerprint density at radius 1 is 0.233 bits per heavy atom. The second-order valence-corrected chi connectivity index (χ2v) is 18.6. The number of nitrogens with zero attached hydrogens (tertiary/aromatic N) is 4. The van der Waals surface area contributed by atoms with Crippen LogP contribution < -0.4 is 14.7 Å². The van der Waals surface area contributed by atoms with Crippen LogP contribution in [0, 0.1) is 0 Å². The van der Waals surface area contributed by atoms with Crippen molar-refractivity contribution >= 4 is 116 Å². The predicted octanol–water partition coefficient (Wildman–Crippen LogP) is 19.4. The summed E-state index contributed by atoms with van der Waals surface area (Å²) in [5.74, 6) is 0. The molecule has 0 saturated carbocycles. The maximum Gasteiger partial charge on any atom is 0.136 e. The summed E-state index contributed by atoms with van der Waals surface area (Å²) < 4.78 is 8.76. The Bertz CT molecular complexity index is 4300. The highest BCUT2D eigenvalue weighted by Gasteiger charge is 2.22. The number of hydrogen-bond acceptors (Lipinski definition) is 4. The summed E-state index contributed by atoms with van der Waals surface area (Å²) in [6, 6.07) is 100. The van der Waals surface area contributed by atoms with Gasteiger partial charge in [0, 0.05) is 78.4 Å². The maximum atomic E-state index is 6.38. The van der Waals surface area contributed by atoms with Crippen molar-refractivity contribution in [3.63, 3.8) is 0 Å². The quantitative estimate of drug-likeness (QED) is 0.128. The molecule has 14 rings (SSSR count). The van der Waals surface area contributed by atoms with Crippen LogP contribution in [0.2, 0.25) is 0 Å². The lowest BCUT2D eigenvalue weighted by Crippen LogP contribution is -2.14. The van der Waals surface area contributed by atoms with Gasteiger partial charge in [0.2, 0.25) is 0 Å². The average molecular weight is 935 g/mol. The van der Waals surface area contributed by atoms with Crippen LogP contribution in [0.3, 0.4) is 0 Å². The van der Waals surface area contributed by atoms with Crippen LogP contribution in [0.5, 0.6) is 0 Å². The SMILES string of the molecule is c1ccc(N(c2ccccc2)c2cccc(N(c3ccccc3)c3cccc(N(c4ccc5ccc6cc7oc8ccccc8c7cc6c5c4)c4ccc5c(c4)c4ccccc4n5-c4ccccc4)c3)c2)cc1. The van der Waals surface area contributed by atoms with Crippen LogP contribution in [0.4, 0.5) is 51.2 Å². The van der Waals surface area contributed by atoms with E-state index in [0.717, 1.165) is 89.7 Å². The van der Waals surface area contributed by atoms with Crippen LogP contribution in [0.25, 0.3) is 71.0 Å². The van der Waals surface area contributed by atoms with Gasteiger partial charge in [-0.3, -0.25) is 0 Å². The summed E-state index contributed by atoms with van der Waals surface area (Å²) in [5.41, 5.74) is 14.7. The largest absolute Gasteiger partial charge is 0.456 e. The lowest BCUT2D eigenvalue weighted by atomic mass is 9.99. The number of benzene rings is 12. The van der Waals surface area contributed by atoms with Crippen molar-refractivity contribution in [3.05, 3.63) is 279 Å². The molecular weight excluding hydrogens is 889 g/mol. The van der Waals surface area contributed by atoms with Crippen molar-refractivity contribution in [1.29, 1.82) is 0 Å². The Kier molecular flexibility index (Phi) is 10.1. The minimum atomic E-state index is 0.895. The van der Waals surface area contributed by atoms with Gasteiger partial charge >= 0.3 is 0 Å². The molecule has 0 spiro atoms. The third kappa shape index (κ3) is 7.33. The number of furan rings is 1. The zero-order valence-corrected chi connectivity index (χ0v) is 39.8. The normalized spacial score (nSPS) is 11.6. The summed E-state index contributed by atoms with van der Waals surface area (Å²) in [4.78, 5) is 7.11. The van der Waals surface area contributed by atoms with Gasteiger partial charge in [-0.25, -0.2) is 0 Å². The van der Waals surface area contributed by atoms with Crippen molar-refractivity contribution in [2.24, 2.45) is 0 Å². The van der Waals surface area contributed by atoms with Crippen molar-refractivity contribution in [2.75, 3.05) is 14.7 Å². The molecule has 0 N–H and O–H groups in total. The van der Waals surface area contributed by atoms with Crippen molar-refractivity contribution in [3.8, 4) is 5.69 Å². The second kappa shape index (κ2) is 17.5. The first-order valence-corrected chi connectivity index (χ1v) is 24.8. The van der Waals surface area contributed by atoms with Crippen LogP contribution in [-0.2, 0) is 0 Å². The molecule has 2 heterocycles. The lowest BCUT2D eigenvalue weighted by molar-refractivity contribution is 0.669. The molecule has 0 unspecified atom stereocenters. The monoisotopic (exact) mass is 934 g/mol. The van der Waals surface area contributed by atoms with Crippen LogP contribution in [-0.4, -0.2) is 4.57 Å². The third-order valence-electron chi connectivity index (χ3n) is 14.2. The molecule has 0 bridgehead atoms. The molecule has 0 atom stereocenters. The van der Waals surface area contributed by atoms with Gasteiger partial charge in [-0.2, -0.15) is 0 Å². The first-order valence-electron chi connectivity index (χ1n) is 24.8. The van der Waals surface area contributed by atoms with E-state index in [2.05, 4.69) is 292 Å². The van der Waals surface area contributed by atoms with E-state index in [9.17, 15) is 0 Å². The molecule has 12 aromatic carbocycles. The van der Waals surface area contributed by atoms with Crippen molar-refractivity contribution in [2.45, 2.75) is 0 Å². The average Bonchev–Trinajstić information content (AvgIpc) is 4.00. The summed E-state index contributed by atoms with van der Waals surface area (Å²) >= 11 is 0. The Labute approximate surface area is 422 Å². The van der Waals surface area contributed by atoms with E-state index < -0.39 is 0 Å². The van der Waals surface area contributed by atoms with Gasteiger partial charge in [0.05, 0.1) is 11.0 Å². The van der Waals surface area contributed by atoms with E-state index in [1.54, 1.807) is 0 Å². The first-order chi connectivity index (χ1) is 36.2. The van der Waals surface area contributed by atoms with E-state index in [0.29, 0.717) is 0 Å². The number of fused-ring (bicyclic) bond motifs is 9. The minimum Gasteiger partial charge on any atom is -0.456 e. The molecule has 0 aliphatic rings. The molecule has 2 aromatic heterocycles. The van der Waals surface area contributed by atoms with Gasteiger partial charge in [-0.05, 0) is 161 Å². The van der Waals surface area contributed by atoms with Gasteiger partial charge < -0.3 is 23.7 Å². The smallest absolute Gasteiger partial charge is 0.136 e. The Morgan fingerprint density at radius 3 is 1.29 bits per heavy atom. The maximum absolute atomic E-state index is 6.38. The number of aromatic nitrogens is 1. The van der Waals surface area contributed by atoms with E-state index >= 15 is 0 Å². The van der Waals surface area contributed by atoms with E-state index in [4.69, 9.17) is 4.42 Å². The van der Waals surface area contributed by atoms with Crippen LogP contribution in [0.1, 0.15) is 0 Å². The number of hydrogen-bond donors (Lipinski definition) is 0.